The summed E-state index contributed by atoms with van der Waals surface area (Å²) < 4.78 is 26.2. The second kappa shape index (κ2) is 13.6. The van der Waals surface area contributed by atoms with Crippen molar-refractivity contribution in [2.75, 3.05) is 17.1 Å². The largest absolute Gasteiger partial charge is 0.350 e. The van der Waals surface area contributed by atoms with Crippen molar-refractivity contribution in [2.24, 2.45) is 0 Å². The molecule has 7 nitrogen and oxygen atoms in total. The van der Waals surface area contributed by atoms with Crippen LogP contribution in [0.4, 0.5) is 5.69 Å². The first kappa shape index (κ1) is 32.5. The highest BCUT2D eigenvalue weighted by molar-refractivity contribution is 7.92. The molecule has 0 aliphatic heterocycles. The molecule has 2 aromatic rings. The van der Waals surface area contributed by atoms with Crippen LogP contribution in [0.2, 0.25) is 20.1 Å². The quantitative estimate of drug-likeness (QED) is 0.306. The van der Waals surface area contributed by atoms with E-state index in [9.17, 15) is 18.0 Å². The number of rotatable bonds is 11. The molecule has 210 valence electrons. The Bertz CT molecular complexity index is 1270. The van der Waals surface area contributed by atoms with Gasteiger partial charge in [0.25, 0.3) is 0 Å². The molecule has 2 aromatic carbocycles. The van der Waals surface area contributed by atoms with Crippen LogP contribution in [0.25, 0.3) is 0 Å². The number of anilines is 1. The van der Waals surface area contributed by atoms with E-state index < -0.39 is 21.6 Å². The van der Waals surface area contributed by atoms with Gasteiger partial charge in [0, 0.05) is 30.1 Å². The minimum atomic E-state index is -3.71. The van der Waals surface area contributed by atoms with Crippen molar-refractivity contribution in [3.63, 3.8) is 0 Å². The smallest absolute Gasteiger partial charge is 0.243 e. The summed E-state index contributed by atoms with van der Waals surface area (Å²) in [4.78, 5) is 28.2. The lowest BCUT2D eigenvalue weighted by atomic mass is 10.0. The van der Waals surface area contributed by atoms with Crippen molar-refractivity contribution in [2.45, 2.75) is 65.1 Å². The molecule has 0 fully saturated rings. The third-order valence-corrected chi connectivity index (χ3v) is 8.02. The van der Waals surface area contributed by atoms with Gasteiger partial charge in [-0.3, -0.25) is 13.9 Å². The van der Waals surface area contributed by atoms with Crippen molar-refractivity contribution in [3.05, 3.63) is 62.1 Å². The standard InChI is InChI=1S/C26H33Cl4N3O4S/c1-6-22(25(35)31-26(2,3)4)32(16-17-9-11-19(28)21(30)14-17)24(34)8-7-13-33(38(5,36)37)23-15-18(27)10-12-20(23)29/h9-12,14-15,22H,6-8,13,16H2,1-5H3,(H,31,35). The van der Waals surface area contributed by atoms with Gasteiger partial charge in [0.2, 0.25) is 21.8 Å². The topological polar surface area (TPSA) is 86.8 Å². The van der Waals surface area contributed by atoms with Crippen LogP contribution >= 0.6 is 46.4 Å². The molecule has 0 radical (unpaired) electrons. The third kappa shape index (κ3) is 9.49. The maximum absolute atomic E-state index is 13.5. The Kier molecular flexibility index (Phi) is 11.6. The van der Waals surface area contributed by atoms with E-state index in [1.54, 1.807) is 24.3 Å². The lowest BCUT2D eigenvalue weighted by Crippen LogP contribution is -2.53. The zero-order chi connectivity index (χ0) is 28.8. The van der Waals surface area contributed by atoms with E-state index in [4.69, 9.17) is 46.4 Å². The molecule has 1 unspecified atom stereocenters. The maximum atomic E-state index is 13.5. The molecule has 12 heteroatoms. The van der Waals surface area contributed by atoms with Crippen LogP contribution in [0.3, 0.4) is 0 Å². The lowest BCUT2D eigenvalue weighted by molar-refractivity contribution is -0.142. The fourth-order valence-corrected chi connectivity index (χ4v) is 5.59. The van der Waals surface area contributed by atoms with Crippen LogP contribution in [-0.2, 0) is 26.2 Å². The maximum Gasteiger partial charge on any atom is 0.243 e. The number of carbonyl (C=O) groups is 2. The van der Waals surface area contributed by atoms with Gasteiger partial charge < -0.3 is 10.2 Å². The predicted molar refractivity (Wildman–Crippen MR) is 157 cm³/mol. The molecule has 0 aliphatic rings. The van der Waals surface area contributed by atoms with Crippen LogP contribution in [0.15, 0.2) is 36.4 Å². The number of benzene rings is 2. The molecule has 1 N–H and O–H groups in total. The van der Waals surface area contributed by atoms with Gasteiger partial charge in [-0.1, -0.05) is 59.4 Å². The number of nitrogens with one attached hydrogen (secondary N) is 1. The van der Waals surface area contributed by atoms with Gasteiger partial charge >= 0.3 is 0 Å². The SMILES string of the molecule is CCC(C(=O)NC(C)(C)C)N(Cc1ccc(Cl)c(Cl)c1)C(=O)CCCN(c1cc(Cl)ccc1Cl)S(C)(=O)=O. The monoisotopic (exact) mass is 623 g/mol. The van der Waals surface area contributed by atoms with Crippen LogP contribution in [0.1, 0.15) is 52.5 Å². The molecule has 0 aliphatic carbocycles. The first-order chi connectivity index (χ1) is 17.5. The summed E-state index contributed by atoms with van der Waals surface area (Å²) in [7, 11) is -3.71. The average molecular weight is 625 g/mol. The second-order valence-corrected chi connectivity index (χ2v) is 13.5. The van der Waals surface area contributed by atoms with Gasteiger partial charge in [0.05, 0.1) is 27.0 Å². The van der Waals surface area contributed by atoms with E-state index in [2.05, 4.69) is 5.32 Å². The molecule has 1 atom stereocenters. The Hall–Kier alpha value is -1.71. The van der Waals surface area contributed by atoms with Gasteiger partial charge in [-0.05, 0) is 69.5 Å². The summed E-state index contributed by atoms with van der Waals surface area (Å²) in [6.45, 7) is 7.54. The molecule has 0 saturated heterocycles. The van der Waals surface area contributed by atoms with Crippen molar-refractivity contribution in [1.29, 1.82) is 0 Å². The Morgan fingerprint density at radius 1 is 0.974 bits per heavy atom. The van der Waals surface area contributed by atoms with Crippen LogP contribution in [0.5, 0.6) is 0 Å². The molecule has 2 amide bonds. The third-order valence-electron chi connectivity index (χ3n) is 5.55. The summed E-state index contributed by atoms with van der Waals surface area (Å²) in [6.07, 6.45) is 1.61. The summed E-state index contributed by atoms with van der Waals surface area (Å²) in [5.41, 5.74) is 0.450. The van der Waals surface area contributed by atoms with Gasteiger partial charge in [-0.15, -0.1) is 0 Å². The van der Waals surface area contributed by atoms with Crippen LogP contribution in [-0.4, -0.2) is 49.5 Å². The molecule has 0 bridgehead atoms. The fourth-order valence-electron chi connectivity index (χ4n) is 3.87. The minimum Gasteiger partial charge on any atom is -0.350 e. The highest BCUT2D eigenvalue weighted by Gasteiger charge is 2.31. The Morgan fingerprint density at radius 3 is 2.16 bits per heavy atom. The fraction of sp³-hybridized carbons (Fsp3) is 0.462. The number of halogens is 4. The Morgan fingerprint density at radius 2 is 1.61 bits per heavy atom. The molecular weight excluding hydrogens is 592 g/mol. The first-order valence-electron chi connectivity index (χ1n) is 12.0. The minimum absolute atomic E-state index is 0.00374. The second-order valence-electron chi connectivity index (χ2n) is 9.97. The van der Waals surface area contributed by atoms with E-state index in [0.717, 1.165) is 10.6 Å². The van der Waals surface area contributed by atoms with Gasteiger partial charge in [-0.25, -0.2) is 8.42 Å². The van der Waals surface area contributed by atoms with Gasteiger partial charge in [0.1, 0.15) is 6.04 Å². The number of amides is 2. The van der Waals surface area contributed by atoms with Gasteiger partial charge in [-0.2, -0.15) is 0 Å². The van der Waals surface area contributed by atoms with E-state index in [1.807, 2.05) is 27.7 Å². The van der Waals surface area contributed by atoms with E-state index in [-0.39, 0.29) is 48.5 Å². The van der Waals surface area contributed by atoms with Crippen molar-refractivity contribution in [3.8, 4) is 0 Å². The van der Waals surface area contributed by atoms with Gasteiger partial charge in [0.15, 0.2) is 0 Å². The Labute approximate surface area is 245 Å². The highest BCUT2D eigenvalue weighted by Crippen LogP contribution is 2.31. The van der Waals surface area contributed by atoms with Crippen molar-refractivity contribution in [1.82, 2.24) is 10.2 Å². The average Bonchev–Trinajstić information content (AvgIpc) is 2.78. The zero-order valence-electron chi connectivity index (χ0n) is 22.0. The highest BCUT2D eigenvalue weighted by atomic mass is 35.5. The normalized spacial score (nSPS) is 12.7. The van der Waals surface area contributed by atoms with E-state index in [0.29, 0.717) is 27.1 Å². The molecule has 0 saturated carbocycles. The molecule has 0 aromatic heterocycles. The number of nitrogens with zero attached hydrogens (tertiary/aromatic N) is 2. The summed E-state index contributed by atoms with van der Waals surface area (Å²) in [5, 5.41) is 4.21. The zero-order valence-corrected chi connectivity index (χ0v) is 25.9. The number of hydrogen-bond donors (Lipinski definition) is 1. The van der Waals surface area contributed by atoms with Crippen molar-refractivity contribution >= 4 is 73.9 Å². The number of hydrogen-bond acceptors (Lipinski definition) is 4. The number of sulfonamides is 1. The Balaban J connectivity index is 2.30. The van der Waals surface area contributed by atoms with Crippen LogP contribution < -0.4 is 9.62 Å². The molecule has 0 spiro atoms. The number of carbonyl (C=O) groups excluding carboxylic acids is 2. The molecule has 2 rings (SSSR count). The molecular formula is C26H33Cl4N3O4S. The molecule has 38 heavy (non-hydrogen) atoms. The van der Waals surface area contributed by atoms with Crippen LogP contribution in [0, 0.1) is 0 Å². The summed E-state index contributed by atoms with van der Waals surface area (Å²) in [5.74, 6) is -0.588. The predicted octanol–water partition coefficient (Wildman–Crippen LogP) is 6.57. The summed E-state index contributed by atoms with van der Waals surface area (Å²) >= 11 is 24.5. The lowest BCUT2D eigenvalue weighted by Gasteiger charge is -2.33. The first-order valence-corrected chi connectivity index (χ1v) is 15.4. The summed E-state index contributed by atoms with van der Waals surface area (Å²) in [6, 6.07) is 8.84. The van der Waals surface area contributed by atoms with E-state index in [1.165, 1.54) is 17.0 Å². The molecule has 0 heterocycles. The van der Waals surface area contributed by atoms with Crippen molar-refractivity contribution < 1.29 is 18.0 Å². The van der Waals surface area contributed by atoms with E-state index >= 15 is 0 Å².